The van der Waals surface area contributed by atoms with E-state index in [4.69, 9.17) is 0 Å². The number of carbonyl (C=O) groups excluding carboxylic acids is 1. The summed E-state index contributed by atoms with van der Waals surface area (Å²) in [6, 6.07) is 0.357. The third kappa shape index (κ3) is 4.92. The maximum atomic E-state index is 12.8. The van der Waals surface area contributed by atoms with E-state index in [1.807, 2.05) is 6.92 Å². The summed E-state index contributed by atoms with van der Waals surface area (Å²) in [6.07, 6.45) is 6.54. The van der Waals surface area contributed by atoms with Gasteiger partial charge in [0.15, 0.2) is 0 Å². The maximum absolute atomic E-state index is 12.8. The number of aryl methyl sites for hydroxylation is 2. The Labute approximate surface area is 144 Å². The predicted octanol–water partition coefficient (Wildman–Crippen LogP) is 3.14. The van der Waals surface area contributed by atoms with Crippen molar-refractivity contribution >= 4 is 5.91 Å². The van der Waals surface area contributed by atoms with Crippen molar-refractivity contribution < 1.29 is 4.79 Å². The minimum Gasteiger partial charge on any atom is -0.340 e. The van der Waals surface area contributed by atoms with Crippen molar-refractivity contribution in [3.63, 3.8) is 0 Å². The molecular weight excluding hydrogens is 302 g/mol. The van der Waals surface area contributed by atoms with Gasteiger partial charge < -0.3 is 9.88 Å². The number of carbonyl (C=O) groups is 1. The summed E-state index contributed by atoms with van der Waals surface area (Å²) in [4.78, 5) is 34.0. The predicted molar refractivity (Wildman–Crippen MR) is 96.1 cm³/mol. The molecule has 1 amide bonds. The van der Waals surface area contributed by atoms with E-state index in [0.717, 1.165) is 31.5 Å². The zero-order valence-electron chi connectivity index (χ0n) is 15.5. The maximum Gasteiger partial charge on any atom is 0.254 e. The van der Waals surface area contributed by atoms with E-state index >= 15 is 0 Å². The highest BCUT2D eigenvalue weighted by molar-refractivity contribution is 5.76. The number of amides is 1. The number of nitrogens with zero attached hydrogens (tertiary/aromatic N) is 2. The molecule has 134 valence electrons. The van der Waals surface area contributed by atoms with Gasteiger partial charge in [-0.1, -0.05) is 26.7 Å². The SMILES string of the molecule is Cc1nc(C)c(CCC(=O)N2CCCCC[C@H]2CC(C)C)c(=O)[nH]1. The Hall–Kier alpha value is -1.65. The lowest BCUT2D eigenvalue weighted by Gasteiger charge is -2.31. The van der Waals surface area contributed by atoms with Gasteiger partial charge in [-0.3, -0.25) is 9.59 Å². The van der Waals surface area contributed by atoms with Crippen LogP contribution in [0.4, 0.5) is 0 Å². The van der Waals surface area contributed by atoms with Crippen molar-refractivity contribution in [2.45, 2.75) is 78.7 Å². The lowest BCUT2D eigenvalue weighted by Crippen LogP contribution is -2.41. The van der Waals surface area contributed by atoms with Crippen molar-refractivity contribution in [3.8, 4) is 0 Å². The number of nitrogens with one attached hydrogen (secondary N) is 1. The molecule has 1 N–H and O–H groups in total. The molecule has 0 spiro atoms. The first kappa shape index (κ1) is 18.7. The zero-order valence-corrected chi connectivity index (χ0v) is 15.5. The third-order valence-corrected chi connectivity index (χ3v) is 4.87. The first-order valence-electron chi connectivity index (χ1n) is 9.24. The van der Waals surface area contributed by atoms with Crippen LogP contribution in [-0.4, -0.2) is 33.4 Å². The Morgan fingerprint density at radius 1 is 1.29 bits per heavy atom. The first-order valence-corrected chi connectivity index (χ1v) is 9.24. The standard InChI is InChI=1S/C19H31N3O2/c1-13(2)12-16-8-6-5-7-11-22(16)18(23)10-9-17-14(3)20-15(4)21-19(17)24/h13,16H,5-12H2,1-4H3,(H,20,21,24)/t16-/m0/s1. The summed E-state index contributed by atoms with van der Waals surface area (Å²) in [5, 5.41) is 0. The second kappa shape index (κ2) is 8.45. The second-order valence-electron chi connectivity index (χ2n) is 7.44. The minimum absolute atomic E-state index is 0.109. The molecule has 0 radical (unpaired) electrons. The molecule has 1 fully saturated rings. The number of aromatic amines is 1. The van der Waals surface area contributed by atoms with E-state index in [2.05, 4.69) is 28.7 Å². The molecule has 1 aromatic heterocycles. The quantitative estimate of drug-likeness (QED) is 0.900. The summed E-state index contributed by atoms with van der Waals surface area (Å²) in [5.74, 6) is 1.40. The fourth-order valence-electron chi connectivity index (χ4n) is 3.72. The van der Waals surface area contributed by atoms with Gasteiger partial charge in [-0.25, -0.2) is 4.98 Å². The lowest BCUT2D eigenvalue weighted by molar-refractivity contribution is -0.133. The normalized spacial score (nSPS) is 18.7. The zero-order chi connectivity index (χ0) is 17.7. The van der Waals surface area contributed by atoms with Crippen molar-refractivity contribution in [3.05, 3.63) is 27.4 Å². The van der Waals surface area contributed by atoms with Gasteiger partial charge in [0.2, 0.25) is 5.91 Å². The van der Waals surface area contributed by atoms with E-state index < -0.39 is 0 Å². The van der Waals surface area contributed by atoms with Gasteiger partial charge in [0.25, 0.3) is 5.56 Å². The molecule has 1 aliphatic heterocycles. The smallest absolute Gasteiger partial charge is 0.254 e. The van der Waals surface area contributed by atoms with Crippen LogP contribution in [0.15, 0.2) is 4.79 Å². The molecule has 0 saturated carbocycles. The fourth-order valence-corrected chi connectivity index (χ4v) is 3.72. The van der Waals surface area contributed by atoms with E-state index in [-0.39, 0.29) is 11.5 Å². The molecular formula is C19H31N3O2. The van der Waals surface area contributed by atoms with Gasteiger partial charge >= 0.3 is 0 Å². The highest BCUT2D eigenvalue weighted by Gasteiger charge is 2.26. The van der Waals surface area contributed by atoms with Crippen LogP contribution in [0.3, 0.4) is 0 Å². The molecule has 5 heteroatoms. The Kier molecular flexibility index (Phi) is 6.58. The molecule has 24 heavy (non-hydrogen) atoms. The lowest BCUT2D eigenvalue weighted by atomic mass is 9.98. The van der Waals surface area contributed by atoms with Crippen LogP contribution in [0.2, 0.25) is 0 Å². The van der Waals surface area contributed by atoms with E-state index in [1.165, 1.54) is 12.8 Å². The van der Waals surface area contributed by atoms with Crippen LogP contribution < -0.4 is 5.56 Å². The van der Waals surface area contributed by atoms with Crippen LogP contribution >= 0.6 is 0 Å². The molecule has 1 aromatic rings. The second-order valence-corrected chi connectivity index (χ2v) is 7.44. The monoisotopic (exact) mass is 333 g/mol. The molecule has 0 aliphatic carbocycles. The molecule has 1 aliphatic rings. The van der Waals surface area contributed by atoms with Crippen LogP contribution in [0.1, 0.15) is 69.5 Å². The van der Waals surface area contributed by atoms with Crippen molar-refractivity contribution in [2.24, 2.45) is 5.92 Å². The van der Waals surface area contributed by atoms with E-state index in [0.29, 0.717) is 36.2 Å². The van der Waals surface area contributed by atoms with Gasteiger partial charge in [-0.05, 0) is 45.4 Å². The Bertz CT molecular complexity index is 622. The van der Waals surface area contributed by atoms with Crippen LogP contribution in [-0.2, 0) is 11.2 Å². The number of H-pyrrole nitrogens is 1. The largest absolute Gasteiger partial charge is 0.340 e. The summed E-state index contributed by atoms with van der Waals surface area (Å²) >= 11 is 0. The summed E-state index contributed by atoms with van der Waals surface area (Å²) < 4.78 is 0. The summed E-state index contributed by atoms with van der Waals surface area (Å²) in [7, 11) is 0. The number of rotatable bonds is 5. The summed E-state index contributed by atoms with van der Waals surface area (Å²) in [6.45, 7) is 8.91. The van der Waals surface area contributed by atoms with Crippen molar-refractivity contribution in [2.75, 3.05) is 6.54 Å². The van der Waals surface area contributed by atoms with Crippen molar-refractivity contribution in [1.29, 1.82) is 0 Å². The highest BCUT2D eigenvalue weighted by atomic mass is 16.2. The van der Waals surface area contributed by atoms with Crippen LogP contribution in [0.5, 0.6) is 0 Å². The highest BCUT2D eigenvalue weighted by Crippen LogP contribution is 2.23. The van der Waals surface area contributed by atoms with Gasteiger partial charge in [0.1, 0.15) is 5.82 Å². The third-order valence-electron chi connectivity index (χ3n) is 4.87. The van der Waals surface area contributed by atoms with Gasteiger partial charge in [0, 0.05) is 30.3 Å². The van der Waals surface area contributed by atoms with E-state index in [9.17, 15) is 9.59 Å². The number of hydrogen-bond acceptors (Lipinski definition) is 3. The minimum atomic E-state index is -0.109. The van der Waals surface area contributed by atoms with E-state index in [1.54, 1.807) is 6.92 Å². The molecule has 2 rings (SSSR count). The fraction of sp³-hybridized carbons (Fsp3) is 0.737. The number of likely N-dealkylation sites (tertiary alicyclic amines) is 1. The number of hydrogen-bond donors (Lipinski definition) is 1. The molecule has 0 bridgehead atoms. The molecule has 1 atom stereocenters. The average Bonchev–Trinajstić information content (AvgIpc) is 2.70. The molecule has 0 unspecified atom stereocenters. The first-order chi connectivity index (χ1) is 11.4. The Balaban J connectivity index is 2.05. The number of aromatic nitrogens is 2. The van der Waals surface area contributed by atoms with Gasteiger partial charge in [0.05, 0.1) is 0 Å². The van der Waals surface area contributed by atoms with Crippen LogP contribution in [0.25, 0.3) is 0 Å². The molecule has 1 saturated heterocycles. The summed E-state index contributed by atoms with van der Waals surface area (Å²) in [5.41, 5.74) is 1.27. The molecule has 0 aromatic carbocycles. The van der Waals surface area contributed by atoms with Crippen molar-refractivity contribution in [1.82, 2.24) is 14.9 Å². The van der Waals surface area contributed by atoms with Crippen LogP contribution in [0, 0.1) is 19.8 Å². The molecule has 2 heterocycles. The Morgan fingerprint density at radius 2 is 2.04 bits per heavy atom. The topological polar surface area (TPSA) is 66.1 Å². The van der Waals surface area contributed by atoms with Gasteiger partial charge in [-0.15, -0.1) is 0 Å². The molecule has 5 nitrogen and oxygen atoms in total. The Morgan fingerprint density at radius 3 is 2.71 bits per heavy atom. The van der Waals surface area contributed by atoms with Gasteiger partial charge in [-0.2, -0.15) is 0 Å². The average molecular weight is 333 g/mol.